The van der Waals surface area contributed by atoms with Gasteiger partial charge in [0.05, 0.1) is 7.11 Å². The van der Waals surface area contributed by atoms with Crippen LogP contribution in [0.1, 0.15) is 5.56 Å². The van der Waals surface area contributed by atoms with Crippen molar-refractivity contribution in [2.24, 2.45) is 4.99 Å². The van der Waals surface area contributed by atoms with Crippen molar-refractivity contribution in [2.45, 2.75) is 6.42 Å². The normalized spacial score (nSPS) is 10.6. The van der Waals surface area contributed by atoms with E-state index in [2.05, 4.69) is 17.1 Å². The summed E-state index contributed by atoms with van der Waals surface area (Å²) in [5.41, 5.74) is 2.12. The summed E-state index contributed by atoms with van der Waals surface area (Å²) >= 11 is 0. The van der Waals surface area contributed by atoms with Crippen molar-refractivity contribution in [3.63, 3.8) is 0 Å². The van der Waals surface area contributed by atoms with E-state index in [0.717, 1.165) is 17.9 Å². The average Bonchev–Trinajstić information content (AvgIpc) is 2.40. The number of aliphatic imine (C=N–C) groups is 1. The molecular weight excluding hydrogens is 210 g/mol. The minimum atomic E-state index is 0.803. The van der Waals surface area contributed by atoms with Gasteiger partial charge in [0.2, 0.25) is 0 Å². The zero-order valence-electron chi connectivity index (χ0n) is 9.84. The maximum atomic E-state index is 5.23. The lowest BCUT2D eigenvalue weighted by Gasteiger charge is -2.02. The van der Waals surface area contributed by atoms with Gasteiger partial charge in [-0.25, -0.2) is 0 Å². The van der Waals surface area contributed by atoms with Crippen LogP contribution in [-0.4, -0.2) is 13.3 Å². The second-order valence-corrected chi connectivity index (χ2v) is 3.67. The minimum Gasteiger partial charge on any atom is -0.494 e. The number of nitrogens with zero attached hydrogens (tertiary/aromatic N) is 1. The monoisotopic (exact) mass is 225 g/mol. The molecule has 0 aliphatic rings. The fourth-order valence-electron chi connectivity index (χ4n) is 1.60. The molecule has 0 aliphatic heterocycles. The Morgan fingerprint density at radius 3 is 2.47 bits per heavy atom. The molecule has 2 aromatic carbocycles. The highest BCUT2D eigenvalue weighted by Crippen LogP contribution is 2.25. The number of methoxy groups -OCH3 is 1. The molecule has 2 aromatic rings. The van der Waals surface area contributed by atoms with E-state index in [1.807, 2.05) is 48.7 Å². The highest BCUT2D eigenvalue weighted by atomic mass is 16.5. The van der Waals surface area contributed by atoms with Crippen molar-refractivity contribution in [2.75, 3.05) is 7.11 Å². The summed E-state index contributed by atoms with van der Waals surface area (Å²) in [6.07, 6.45) is 2.74. The molecule has 0 aliphatic carbocycles. The molecule has 86 valence electrons. The molecule has 0 atom stereocenters. The smallest absolute Gasteiger partial charge is 0.144 e. The summed E-state index contributed by atoms with van der Waals surface area (Å²) < 4.78 is 5.23. The van der Waals surface area contributed by atoms with Crippen molar-refractivity contribution in [3.05, 3.63) is 60.2 Å². The van der Waals surface area contributed by atoms with Crippen LogP contribution in [0.5, 0.6) is 5.75 Å². The highest BCUT2D eigenvalue weighted by molar-refractivity contribution is 5.68. The van der Waals surface area contributed by atoms with Crippen LogP contribution >= 0.6 is 0 Å². The Balaban J connectivity index is 2.06. The van der Waals surface area contributed by atoms with Crippen LogP contribution < -0.4 is 4.74 Å². The molecule has 0 heterocycles. The number of hydrogen-bond donors (Lipinski definition) is 0. The van der Waals surface area contributed by atoms with E-state index >= 15 is 0 Å². The van der Waals surface area contributed by atoms with Gasteiger partial charge in [-0.05, 0) is 17.7 Å². The Morgan fingerprint density at radius 1 is 1.00 bits per heavy atom. The van der Waals surface area contributed by atoms with Gasteiger partial charge in [0, 0.05) is 12.6 Å². The number of benzene rings is 2. The SMILES string of the molecule is COc1ccccc1N=CCc1ccccc1. The second-order valence-electron chi connectivity index (χ2n) is 3.67. The van der Waals surface area contributed by atoms with Crippen LogP contribution in [0.4, 0.5) is 5.69 Å². The standard InChI is InChI=1S/C15H15NO/c1-17-15-10-6-5-9-14(15)16-12-11-13-7-3-2-4-8-13/h2-10,12H,11H2,1H3. The van der Waals surface area contributed by atoms with Gasteiger partial charge >= 0.3 is 0 Å². The van der Waals surface area contributed by atoms with E-state index in [9.17, 15) is 0 Å². The lowest BCUT2D eigenvalue weighted by atomic mass is 10.2. The molecule has 0 amide bonds. The molecule has 0 N–H and O–H groups in total. The van der Waals surface area contributed by atoms with Crippen LogP contribution in [0.25, 0.3) is 0 Å². The summed E-state index contributed by atoms with van der Waals surface area (Å²) in [7, 11) is 1.66. The summed E-state index contributed by atoms with van der Waals surface area (Å²) in [4.78, 5) is 4.42. The minimum absolute atomic E-state index is 0.803. The van der Waals surface area contributed by atoms with Gasteiger partial charge < -0.3 is 4.74 Å². The van der Waals surface area contributed by atoms with Crippen LogP contribution in [0.3, 0.4) is 0 Å². The molecule has 17 heavy (non-hydrogen) atoms. The Hall–Kier alpha value is -2.09. The second kappa shape index (κ2) is 5.85. The third-order valence-corrected chi connectivity index (χ3v) is 2.49. The largest absolute Gasteiger partial charge is 0.494 e. The third-order valence-electron chi connectivity index (χ3n) is 2.49. The molecule has 0 spiro atoms. The van der Waals surface area contributed by atoms with Crippen molar-refractivity contribution in [1.82, 2.24) is 0 Å². The van der Waals surface area contributed by atoms with E-state index in [-0.39, 0.29) is 0 Å². The third kappa shape index (κ3) is 3.18. The first kappa shape index (κ1) is 11.4. The molecule has 0 radical (unpaired) electrons. The summed E-state index contributed by atoms with van der Waals surface area (Å²) in [6, 6.07) is 18.0. The lowest BCUT2D eigenvalue weighted by Crippen LogP contribution is -1.86. The predicted molar refractivity (Wildman–Crippen MR) is 71.3 cm³/mol. The molecular formula is C15H15NO. The van der Waals surface area contributed by atoms with Crippen molar-refractivity contribution in [1.29, 1.82) is 0 Å². The van der Waals surface area contributed by atoms with E-state index in [0.29, 0.717) is 0 Å². The molecule has 0 unspecified atom stereocenters. The fraction of sp³-hybridized carbons (Fsp3) is 0.133. The predicted octanol–water partition coefficient (Wildman–Crippen LogP) is 3.64. The summed E-state index contributed by atoms with van der Waals surface area (Å²) in [5, 5.41) is 0. The van der Waals surface area contributed by atoms with Gasteiger partial charge in [0.15, 0.2) is 0 Å². The highest BCUT2D eigenvalue weighted by Gasteiger charge is 1.97. The molecule has 0 aromatic heterocycles. The Labute approximate surface area is 102 Å². The number of ether oxygens (including phenoxy) is 1. The first-order chi connectivity index (χ1) is 8.40. The molecule has 0 bridgehead atoms. The Morgan fingerprint density at radius 2 is 1.71 bits per heavy atom. The van der Waals surface area contributed by atoms with Gasteiger partial charge in [-0.15, -0.1) is 0 Å². The molecule has 0 fully saturated rings. The summed E-state index contributed by atoms with van der Waals surface area (Å²) in [5.74, 6) is 0.803. The van der Waals surface area contributed by atoms with Crippen molar-refractivity contribution in [3.8, 4) is 5.75 Å². The quantitative estimate of drug-likeness (QED) is 0.728. The molecule has 0 saturated heterocycles. The van der Waals surface area contributed by atoms with Gasteiger partial charge in [-0.3, -0.25) is 4.99 Å². The average molecular weight is 225 g/mol. The zero-order valence-corrected chi connectivity index (χ0v) is 9.84. The molecule has 0 saturated carbocycles. The first-order valence-electron chi connectivity index (χ1n) is 5.59. The Bertz CT molecular complexity index is 491. The van der Waals surface area contributed by atoms with Gasteiger partial charge in [-0.2, -0.15) is 0 Å². The molecule has 2 nitrogen and oxygen atoms in total. The van der Waals surface area contributed by atoms with Crippen molar-refractivity contribution >= 4 is 11.9 Å². The number of para-hydroxylation sites is 2. The van der Waals surface area contributed by atoms with Crippen LogP contribution in [0, 0.1) is 0 Å². The van der Waals surface area contributed by atoms with E-state index in [4.69, 9.17) is 4.74 Å². The van der Waals surface area contributed by atoms with E-state index in [1.54, 1.807) is 7.11 Å². The fourth-order valence-corrected chi connectivity index (χ4v) is 1.60. The van der Waals surface area contributed by atoms with Gasteiger partial charge in [0.1, 0.15) is 11.4 Å². The van der Waals surface area contributed by atoms with Crippen LogP contribution in [-0.2, 0) is 6.42 Å². The number of hydrogen-bond acceptors (Lipinski definition) is 2. The van der Waals surface area contributed by atoms with E-state index in [1.165, 1.54) is 5.56 Å². The zero-order chi connectivity index (χ0) is 11.9. The van der Waals surface area contributed by atoms with E-state index < -0.39 is 0 Å². The number of rotatable bonds is 4. The first-order valence-corrected chi connectivity index (χ1v) is 5.59. The van der Waals surface area contributed by atoms with Gasteiger partial charge in [-0.1, -0.05) is 42.5 Å². The maximum Gasteiger partial charge on any atom is 0.144 e. The topological polar surface area (TPSA) is 21.6 Å². The Kier molecular flexibility index (Phi) is 3.92. The maximum absolute atomic E-state index is 5.23. The molecule has 2 heteroatoms. The van der Waals surface area contributed by atoms with Crippen molar-refractivity contribution < 1.29 is 4.74 Å². The van der Waals surface area contributed by atoms with Gasteiger partial charge in [0.25, 0.3) is 0 Å². The van der Waals surface area contributed by atoms with Crippen LogP contribution in [0.15, 0.2) is 59.6 Å². The lowest BCUT2D eigenvalue weighted by molar-refractivity contribution is 0.416. The molecule has 2 rings (SSSR count). The summed E-state index contributed by atoms with van der Waals surface area (Å²) in [6.45, 7) is 0. The van der Waals surface area contributed by atoms with Crippen LogP contribution in [0.2, 0.25) is 0 Å².